The van der Waals surface area contributed by atoms with Gasteiger partial charge >= 0.3 is 0 Å². The molecule has 1 aliphatic heterocycles. The minimum atomic E-state index is 0.127. The van der Waals surface area contributed by atoms with Gasteiger partial charge in [0.2, 0.25) is 5.91 Å². The maximum absolute atomic E-state index is 12.2. The highest BCUT2D eigenvalue weighted by Crippen LogP contribution is 2.26. The van der Waals surface area contributed by atoms with Gasteiger partial charge in [0.05, 0.1) is 5.69 Å². The molecule has 1 fully saturated rings. The molecular formula is C14H19N5O. The van der Waals surface area contributed by atoms with E-state index in [0.29, 0.717) is 12.5 Å². The van der Waals surface area contributed by atoms with E-state index >= 15 is 0 Å². The third kappa shape index (κ3) is 2.45. The Kier molecular flexibility index (Phi) is 3.30. The fraction of sp³-hybridized carbons (Fsp3) is 0.500. The smallest absolute Gasteiger partial charge is 0.244 e. The van der Waals surface area contributed by atoms with Crippen LogP contribution in [0.1, 0.15) is 23.9 Å². The molecule has 1 amide bonds. The van der Waals surface area contributed by atoms with E-state index in [9.17, 15) is 4.79 Å². The molecule has 6 nitrogen and oxygen atoms in total. The first-order valence-corrected chi connectivity index (χ1v) is 6.88. The lowest BCUT2D eigenvalue weighted by Gasteiger charge is -2.16. The van der Waals surface area contributed by atoms with E-state index in [1.165, 1.54) is 0 Å². The van der Waals surface area contributed by atoms with Gasteiger partial charge in [-0.05, 0) is 19.4 Å². The molecule has 0 bridgehead atoms. The maximum Gasteiger partial charge on any atom is 0.244 e. The number of nitrogens with zero attached hydrogens (tertiary/aromatic N) is 5. The van der Waals surface area contributed by atoms with Crippen LogP contribution in [0.15, 0.2) is 24.7 Å². The Morgan fingerprint density at radius 3 is 3.00 bits per heavy atom. The van der Waals surface area contributed by atoms with Crippen molar-refractivity contribution in [2.45, 2.75) is 25.8 Å². The van der Waals surface area contributed by atoms with E-state index in [1.54, 1.807) is 10.9 Å². The third-order valence-corrected chi connectivity index (χ3v) is 3.80. The summed E-state index contributed by atoms with van der Waals surface area (Å²) in [6.07, 6.45) is 6.52. The number of likely N-dealkylation sites (tertiary alicyclic amines) is 1. The van der Waals surface area contributed by atoms with Crippen LogP contribution >= 0.6 is 0 Å². The summed E-state index contributed by atoms with van der Waals surface area (Å²) in [5.74, 6) is 1.55. The Balaban J connectivity index is 1.64. The molecule has 6 heteroatoms. The Hall–Kier alpha value is -2.11. The SMILES string of the molecule is Cc1cn(C)c([C@@H]2CCN(C(=O)Cn3cccn3)C2)n1. The topological polar surface area (TPSA) is 56.0 Å². The van der Waals surface area contributed by atoms with Gasteiger partial charge in [-0.3, -0.25) is 9.48 Å². The van der Waals surface area contributed by atoms with Crippen LogP contribution in [-0.2, 0) is 18.4 Å². The van der Waals surface area contributed by atoms with E-state index < -0.39 is 0 Å². The molecule has 1 saturated heterocycles. The molecule has 1 aliphatic rings. The third-order valence-electron chi connectivity index (χ3n) is 3.80. The van der Waals surface area contributed by atoms with Gasteiger partial charge in [0, 0.05) is 44.6 Å². The molecule has 1 atom stereocenters. The van der Waals surface area contributed by atoms with Gasteiger partial charge in [-0.15, -0.1) is 0 Å². The van der Waals surface area contributed by atoms with Crippen LogP contribution in [-0.4, -0.2) is 43.2 Å². The first-order valence-electron chi connectivity index (χ1n) is 6.88. The second-order valence-corrected chi connectivity index (χ2v) is 5.38. The lowest BCUT2D eigenvalue weighted by molar-refractivity contribution is -0.131. The predicted octanol–water partition coefficient (Wildman–Crippen LogP) is 0.941. The molecule has 2 aromatic heterocycles. The van der Waals surface area contributed by atoms with Crippen LogP contribution in [0.2, 0.25) is 0 Å². The van der Waals surface area contributed by atoms with Gasteiger partial charge in [0.15, 0.2) is 0 Å². The summed E-state index contributed by atoms with van der Waals surface area (Å²) in [7, 11) is 2.02. The Labute approximate surface area is 118 Å². The summed E-state index contributed by atoms with van der Waals surface area (Å²) in [6, 6.07) is 1.83. The van der Waals surface area contributed by atoms with Crippen LogP contribution in [0.3, 0.4) is 0 Å². The van der Waals surface area contributed by atoms with Crippen LogP contribution in [0.5, 0.6) is 0 Å². The number of carbonyl (C=O) groups is 1. The molecule has 0 radical (unpaired) electrons. The molecule has 20 heavy (non-hydrogen) atoms. The summed E-state index contributed by atoms with van der Waals surface area (Å²) in [4.78, 5) is 18.7. The van der Waals surface area contributed by atoms with Crippen molar-refractivity contribution in [2.75, 3.05) is 13.1 Å². The second kappa shape index (κ2) is 5.11. The zero-order valence-electron chi connectivity index (χ0n) is 11.9. The molecule has 0 spiro atoms. The van der Waals surface area contributed by atoms with Crippen molar-refractivity contribution in [1.29, 1.82) is 0 Å². The average Bonchev–Trinajstić information content (AvgIpc) is 3.10. The molecular weight excluding hydrogens is 254 g/mol. The Morgan fingerprint density at radius 2 is 2.35 bits per heavy atom. The van der Waals surface area contributed by atoms with Gasteiger partial charge in [-0.1, -0.05) is 0 Å². The maximum atomic E-state index is 12.2. The molecule has 3 heterocycles. The summed E-state index contributed by atoms with van der Waals surface area (Å²) in [5, 5.41) is 4.07. The standard InChI is InChI=1S/C14H19N5O/c1-11-8-17(2)14(16-11)12-4-7-18(9-12)13(20)10-19-6-3-5-15-19/h3,5-6,8,12H,4,7,9-10H2,1-2H3/t12-/m1/s1. The first-order chi connectivity index (χ1) is 9.63. The van der Waals surface area contributed by atoms with Gasteiger partial charge < -0.3 is 9.47 Å². The number of hydrogen-bond donors (Lipinski definition) is 0. The lowest BCUT2D eigenvalue weighted by atomic mass is 10.1. The Morgan fingerprint density at radius 1 is 1.50 bits per heavy atom. The van der Waals surface area contributed by atoms with Crippen molar-refractivity contribution in [2.24, 2.45) is 7.05 Å². The highest BCUT2D eigenvalue weighted by molar-refractivity contribution is 5.76. The number of imidazole rings is 1. The number of carbonyl (C=O) groups excluding carboxylic acids is 1. The van der Waals surface area contributed by atoms with E-state index in [1.807, 2.05) is 37.3 Å². The highest BCUT2D eigenvalue weighted by Gasteiger charge is 2.29. The largest absolute Gasteiger partial charge is 0.340 e. The van der Waals surface area contributed by atoms with Crippen molar-refractivity contribution in [3.63, 3.8) is 0 Å². The molecule has 0 aromatic carbocycles. The van der Waals surface area contributed by atoms with E-state index in [0.717, 1.165) is 31.0 Å². The summed E-state index contributed by atoms with van der Waals surface area (Å²) in [5.41, 5.74) is 1.03. The quantitative estimate of drug-likeness (QED) is 0.836. The monoisotopic (exact) mass is 273 g/mol. The van der Waals surface area contributed by atoms with Crippen molar-refractivity contribution in [3.05, 3.63) is 36.2 Å². The van der Waals surface area contributed by atoms with Crippen LogP contribution in [0, 0.1) is 6.92 Å². The summed E-state index contributed by atoms with van der Waals surface area (Å²) in [6.45, 7) is 3.87. The number of hydrogen-bond acceptors (Lipinski definition) is 3. The average molecular weight is 273 g/mol. The van der Waals surface area contributed by atoms with Crippen molar-refractivity contribution < 1.29 is 4.79 Å². The van der Waals surface area contributed by atoms with Crippen LogP contribution < -0.4 is 0 Å². The number of aromatic nitrogens is 4. The van der Waals surface area contributed by atoms with Gasteiger partial charge in [0.1, 0.15) is 12.4 Å². The molecule has 2 aromatic rings. The number of rotatable bonds is 3. The first kappa shape index (κ1) is 12.9. The molecule has 0 N–H and O–H groups in total. The van der Waals surface area contributed by atoms with Gasteiger partial charge in [-0.2, -0.15) is 5.10 Å². The molecule has 106 valence electrons. The van der Waals surface area contributed by atoms with E-state index in [4.69, 9.17) is 0 Å². The van der Waals surface area contributed by atoms with Crippen LogP contribution in [0.25, 0.3) is 0 Å². The molecule has 0 saturated carbocycles. The highest BCUT2D eigenvalue weighted by atomic mass is 16.2. The molecule has 0 unspecified atom stereocenters. The van der Waals surface area contributed by atoms with Crippen molar-refractivity contribution in [3.8, 4) is 0 Å². The zero-order valence-corrected chi connectivity index (χ0v) is 11.9. The fourth-order valence-corrected chi connectivity index (χ4v) is 2.84. The molecule has 3 rings (SSSR count). The summed E-state index contributed by atoms with van der Waals surface area (Å²) < 4.78 is 3.74. The Bertz CT molecular complexity index is 601. The van der Waals surface area contributed by atoms with E-state index in [-0.39, 0.29) is 5.91 Å². The second-order valence-electron chi connectivity index (χ2n) is 5.38. The van der Waals surface area contributed by atoms with Crippen molar-refractivity contribution in [1.82, 2.24) is 24.2 Å². The summed E-state index contributed by atoms with van der Waals surface area (Å²) >= 11 is 0. The van der Waals surface area contributed by atoms with Gasteiger partial charge in [0.25, 0.3) is 0 Å². The fourth-order valence-electron chi connectivity index (χ4n) is 2.84. The number of aryl methyl sites for hydroxylation is 2. The van der Waals surface area contributed by atoms with Crippen molar-refractivity contribution >= 4 is 5.91 Å². The van der Waals surface area contributed by atoms with E-state index in [2.05, 4.69) is 14.6 Å². The minimum absolute atomic E-state index is 0.127. The molecule has 0 aliphatic carbocycles. The minimum Gasteiger partial charge on any atom is -0.340 e. The number of amides is 1. The van der Waals surface area contributed by atoms with Gasteiger partial charge in [-0.25, -0.2) is 4.98 Å². The normalized spacial score (nSPS) is 18.7. The van der Waals surface area contributed by atoms with Crippen LogP contribution in [0.4, 0.5) is 0 Å². The zero-order chi connectivity index (χ0) is 14.1. The lowest BCUT2D eigenvalue weighted by Crippen LogP contribution is -2.32. The predicted molar refractivity (Wildman–Crippen MR) is 74.1 cm³/mol.